The molecule has 1 heterocycles. The number of likely N-dealkylation sites (tertiary alicyclic amines) is 1. The molecule has 0 bridgehead atoms. The topological polar surface area (TPSA) is 49.4 Å². The van der Waals surface area contributed by atoms with Gasteiger partial charge in [-0.15, -0.1) is 0 Å². The summed E-state index contributed by atoms with van der Waals surface area (Å²) in [6, 6.07) is 3.12. The smallest absolute Gasteiger partial charge is 0.256 e. The summed E-state index contributed by atoms with van der Waals surface area (Å²) < 4.78 is 26.8. The molecule has 26 heavy (non-hydrogen) atoms. The molecule has 1 aliphatic rings. The predicted octanol–water partition coefficient (Wildman–Crippen LogP) is 3.90. The Morgan fingerprint density at radius 2 is 1.92 bits per heavy atom. The number of amides is 2. The third-order valence-electron chi connectivity index (χ3n) is 4.94. The fourth-order valence-corrected chi connectivity index (χ4v) is 3.31. The zero-order valence-corrected chi connectivity index (χ0v) is 15.6. The number of hydrogen-bond donors (Lipinski definition) is 1. The van der Waals surface area contributed by atoms with Gasteiger partial charge >= 0.3 is 0 Å². The molecular formula is C20H28F2N2O2. The van der Waals surface area contributed by atoms with Crippen molar-refractivity contribution in [3.8, 4) is 0 Å². The molecule has 144 valence electrons. The van der Waals surface area contributed by atoms with E-state index in [1.54, 1.807) is 0 Å². The molecule has 0 aromatic heterocycles. The number of piperidine rings is 1. The number of carbonyl (C=O) groups is 2. The molecule has 1 aromatic rings. The summed E-state index contributed by atoms with van der Waals surface area (Å²) in [5.74, 6) is -2.09. The fraction of sp³-hybridized carbons (Fsp3) is 0.600. The van der Waals surface area contributed by atoms with Gasteiger partial charge in [0, 0.05) is 31.1 Å². The van der Waals surface area contributed by atoms with E-state index in [-0.39, 0.29) is 23.4 Å². The van der Waals surface area contributed by atoms with E-state index in [2.05, 4.69) is 12.2 Å². The SMILES string of the molecule is CCCCCC(C)NC(=O)C1CCN(C(=O)c2ccc(F)cc2F)CC1. The minimum Gasteiger partial charge on any atom is -0.353 e. The lowest BCUT2D eigenvalue weighted by molar-refractivity contribution is -0.126. The minimum absolute atomic E-state index is 0.0362. The van der Waals surface area contributed by atoms with Crippen LogP contribution in [0.4, 0.5) is 8.78 Å². The molecule has 1 unspecified atom stereocenters. The molecule has 1 aliphatic heterocycles. The molecule has 4 nitrogen and oxygen atoms in total. The van der Waals surface area contributed by atoms with Crippen molar-refractivity contribution in [1.29, 1.82) is 0 Å². The molecule has 0 spiro atoms. The number of carbonyl (C=O) groups excluding carboxylic acids is 2. The van der Waals surface area contributed by atoms with E-state index in [4.69, 9.17) is 0 Å². The van der Waals surface area contributed by atoms with Gasteiger partial charge in [0.15, 0.2) is 0 Å². The maximum atomic E-state index is 13.8. The highest BCUT2D eigenvalue weighted by Crippen LogP contribution is 2.21. The number of nitrogens with one attached hydrogen (secondary N) is 1. The van der Waals surface area contributed by atoms with E-state index in [0.29, 0.717) is 32.0 Å². The van der Waals surface area contributed by atoms with Crippen LogP contribution in [0, 0.1) is 17.6 Å². The molecular weight excluding hydrogens is 338 g/mol. The molecule has 2 rings (SSSR count). The first-order valence-corrected chi connectivity index (χ1v) is 9.47. The summed E-state index contributed by atoms with van der Waals surface area (Å²) in [4.78, 5) is 26.3. The lowest BCUT2D eigenvalue weighted by Crippen LogP contribution is -2.45. The summed E-state index contributed by atoms with van der Waals surface area (Å²) in [5, 5.41) is 3.06. The van der Waals surface area contributed by atoms with Crippen LogP contribution < -0.4 is 5.32 Å². The first-order valence-electron chi connectivity index (χ1n) is 9.47. The maximum Gasteiger partial charge on any atom is 0.256 e. The van der Waals surface area contributed by atoms with E-state index in [1.807, 2.05) is 6.92 Å². The normalized spacial score (nSPS) is 16.4. The number of nitrogens with zero attached hydrogens (tertiary/aromatic N) is 1. The fourth-order valence-electron chi connectivity index (χ4n) is 3.31. The van der Waals surface area contributed by atoms with Crippen molar-refractivity contribution in [2.24, 2.45) is 5.92 Å². The molecule has 0 saturated carbocycles. The van der Waals surface area contributed by atoms with Gasteiger partial charge in [0.2, 0.25) is 5.91 Å². The second-order valence-electron chi connectivity index (χ2n) is 7.10. The Kier molecular flexibility index (Phi) is 7.54. The molecule has 6 heteroatoms. The van der Waals surface area contributed by atoms with Crippen LogP contribution in [0.5, 0.6) is 0 Å². The lowest BCUT2D eigenvalue weighted by Gasteiger charge is -2.32. The van der Waals surface area contributed by atoms with E-state index < -0.39 is 17.5 Å². The van der Waals surface area contributed by atoms with Gasteiger partial charge in [-0.3, -0.25) is 9.59 Å². The molecule has 1 N–H and O–H groups in total. The number of rotatable bonds is 7. The van der Waals surface area contributed by atoms with Gasteiger partial charge in [-0.2, -0.15) is 0 Å². The first-order chi connectivity index (χ1) is 12.4. The molecule has 1 atom stereocenters. The molecule has 0 aliphatic carbocycles. The van der Waals surface area contributed by atoms with E-state index in [9.17, 15) is 18.4 Å². The van der Waals surface area contributed by atoms with E-state index >= 15 is 0 Å². The van der Waals surface area contributed by atoms with Gasteiger partial charge in [-0.05, 0) is 38.3 Å². The van der Waals surface area contributed by atoms with Gasteiger partial charge in [0.1, 0.15) is 11.6 Å². The van der Waals surface area contributed by atoms with Crippen LogP contribution in [-0.4, -0.2) is 35.8 Å². The number of benzene rings is 1. The maximum absolute atomic E-state index is 13.8. The highest BCUT2D eigenvalue weighted by Gasteiger charge is 2.29. The standard InChI is InChI=1S/C20H28F2N2O2/c1-3-4-5-6-14(2)23-19(25)15-9-11-24(12-10-15)20(26)17-8-7-16(21)13-18(17)22/h7-8,13-15H,3-6,9-12H2,1-2H3,(H,23,25). The Labute approximate surface area is 153 Å². The van der Waals surface area contributed by atoms with Gasteiger partial charge in [0.25, 0.3) is 5.91 Å². The Bertz CT molecular complexity index is 628. The second kappa shape index (κ2) is 9.64. The van der Waals surface area contributed by atoms with Crippen molar-refractivity contribution in [2.75, 3.05) is 13.1 Å². The monoisotopic (exact) mass is 366 g/mol. The van der Waals surface area contributed by atoms with Gasteiger partial charge < -0.3 is 10.2 Å². The molecule has 1 aromatic carbocycles. The van der Waals surface area contributed by atoms with Crippen molar-refractivity contribution < 1.29 is 18.4 Å². The Balaban J connectivity index is 1.82. The van der Waals surface area contributed by atoms with Crippen LogP contribution in [0.2, 0.25) is 0 Å². The lowest BCUT2D eigenvalue weighted by atomic mass is 9.94. The Morgan fingerprint density at radius 3 is 2.54 bits per heavy atom. The van der Waals surface area contributed by atoms with E-state index in [0.717, 1.165) is 25.3 Å². The summed E-state index contributed by atoms with van der Waals surface area (Å²) in [7, 11) is 0. The first kappa shape index (κ1) is 20.3. The summed E-state index contributed by atoms with van der Waals surface area (Å²) in [5.41, 5.74) is -0.126. The highest BCUT2D eigenvalue weighted by molar-refractivity contribution is 5.94. The third kappa shape index (κ3) is 5.51. The zero-order chi connectivity index (χ0) is 19.1. The van der Waals surface area contributed by atoms with Crippen molar-refractivity contribution in [3.05, 3.63) is 35.4 Å². The minimum atomic E-state index is -0.851. The van der Waals surface area contributed by atoms with Crippen molar-refractivity contribution in [3.63, 3.8) is 0 Å². The van der Waals surface area contributed by atoms with Crippen LogP contribution in [-0.2, 0) is 4.79 Å². The van der Waals surface area contributed by atoms with Crippen LogP contribution in [0.15, 0.2) is 18.2 Å². The van der Waals surface area contributed by atoms with Crippen molar-refractivity contribution in [2.45, 2.75) is 58.4 Å². The van der Waals surface area contributed by atoms with Gasteiger partial charge in [-0.1, -0.05) is 26.2 Å². The van der Waals surface area contributed by atoms with E-state index in [1.165, 1.54) is 17.4 Å². The van der Waals surface area contributed by atoms with Crippen molar-refractivity contribution >= 4 is 11.8 Å². The molecule has 0 radical (unpaired) electrons. The largest absolute Gasteiger partial charge is 0.353 e. The number of hydrogen-bond acceptors (Lipinski definition) is 2. The summed E-state index contributed by atoms with van der Waals surface area (Å²) in [6.45, 7) is 4.97. The van der Waals surface area contributed by atoms with Crippen LogP contribution in [0.1, 0.15) is 62.7 Å². The number of unbranched alkanes of at least 4 members (excludes halogenated alkanes) is 2. The number of halogens is 2. The molecule has 2 amide bonds. The van der Waals surface area contributed by atoms with Crippen LogP contribution >= 0.6 is 0 Å². The van der Waals surface area contributed by atoms with Gasteiger partial charge in [0.05, 0.1) is 5.56 Å². The average Bonchev–Trinajstić information content (AvgIpc) is 2.61. The van der Waals surface area contributed by atoms with Crippen LogP contribution in [0.25, 0.3) is 0 Å². The second-order valence-corrected chi connectivity index (χ2v) is 7.10. The van der Waals surface area contributed by atoms with Gasteiger partial charge in [-0.25, -0.2) is 8.78 Å². The quantitative estimate of drug-likeness (QED) is 0.744. The highest BCUT2D eigenvalue weighted by atomic mass is 19.1. The molecule has 1 fully saturated rings. The zero-order valence-electron chi connectivity index (χ0n) is 15.6. The Hall–Kier alpha value is -1.98. The predicted molar refractivity (Wildman–Crippen MR) is 96.7 cm³/mol. The Morgan fingerprint density at radius 1 is 1.23 bits per heavy atom. The third-order valence-corrected chi connectivity index (χ3v) is 4.94. The summed E-state index contributed by atoms with van der Waals surface area (Å²) >= 11 is 0. The molecule has 1 saturated heterocycles. The van der Waals surface area contributed by atoms with Crippen LogP contribution in [0.3, 0.4) is 0 Å². The van der Waals surface area contributed by atoms with Crippen molar-refractivity contribution in [1.82, 2.24) is 10.2 Å². The summed E-state index contributed by atoms with van der Waals surface area (Å²) in [6.07, 6.45) is 5.52. The average molecular weight is 366 g/mol.